The fourth-order valence-electron chi connectivity index (χ4n) is 3.82. The first-order valence-electron chi connectivity index (χ1n) is 10.7. The summed E-state index contributed by atoms with van der Waals surface area (Å²) in [5, 5.41) is 8.94. The zero-order valence-electron chi connectivity index (χ0n) is 18.1. The van der Waals surface area contributed by atoms with Crippen molar-refractivity contribution < 1.29 is 23.8 Å². The van der Waals surface area contributed by atoms with E-state index in [1.807, 2.05) is 12.1 Å². The van der Waals surface area contributed by atoms with Crippen LogP contribution in [0.5, 0.6) is 5.88 Å². The summed E-state index contributed by atoms with van der Waals surface area (Å²) in [7, 11) is 0. The standard InChI is InChI=1S/C25H21FN4O4/c1-27-19-7-5-18(20(26)13-19)15-34-23-4-2-3-21(29-23)16-9-11-30(12-10-16)24(31)17-6-8-22(25(32)33)28-14-17/h2-8,13-14,16H,9-12,15H2,(H,32,33). The first-order chi connectivity index (χ1) is 16.4. The number of piperidine rings is 1. The number of likely N-dealkylation sites (tertiary alicyclic amines) is 1. The van der Waals surface area contributed by atoms with Gasteiger partial charge in [-0.25, -0.2) is 24.0 Å². The van der Waals surface area contributed by atoms with Crippen LogP contribution in [0, 0.1) is 12.4 Å². The third-order valence-corrected chi connectivity index (χ3v) is 5.72. The molecule has 0 bridgehead atoms. The molecule has 9 heteroatoms. The fourth-order valence-corrected chi connectivity index (χ4v) is 3.82. The first kappa shape index (κ1) is 22.9. The predicted octanol–water partition coefficient (Wildman–Crippen LogP) is 4.46. The number of carbonyl (C=O) groups excluding carboxylic acids is 1. The van der Waals surface area contributed by atoms with E-state index in [1.54, 1.807) is 17.0 Å². The lowest BCUT2D eigenvalue weighted by molar-refractivity contribution is 0.0682. The monoisotopic (exact) mass is 460 g/mol. The van der Waals surface area contributed by atoms with Crippen LogP contribution in [0.25, 0.3) is 4.85 Å². The van der Waals surface area contributed by atoms with E-state index in [0.29, 0.717) is 30.1 Å². The molecular formula is C25H21FN4O4. The molecule has 1 saturated heterocycles. The summed E-state index contributed by atoms with van der Waals surface area (Å²) in [5.74, 6) is -1.28. The van der Waals surface area contributed by atoms with E-state index in [4.69, 9.17) is 16.4 Å². The van der Waals surface area contributed by atoms with Crippen LogP contribution in [0.3, 0.4) is 0 Å². The van der Waals surface area contributed by atoms with Crippen molar-refractivity contribution in [3.63, 3.8) is 0 Å². The first-order valence-corrected chi connectivity index (χ1v) is 10.7. The largest absolute Gasteiger partial charge is 0.477 e. The lowest BCUT2D eigenvalue weighted by Crippen LogP contribution is -2.38. The summed E-state index contributed by atoms with van der Waals surface area (Å²) < 4.78 is 19.8. The van der Waals surface area contributed by atoms with Gasteiger partial charge in [-0.3, -0.25) is 4.79 Å². The van der Waals surface area contributed by atoms with Gasteiger partial charge in [-0.1, -0.05) is 18.2 Å². The molecule has 0 spiro atoms. The van der Waals surface area contributed by atoms with Crippen molar-refractivity contribution in [1.29, 1.82) is 0 Å². The number of ether oxygens (including phenoxy) is 1. The molecule has 4 rings (SSSR count). The molecule has 1 aliphatic heterocycles. The summed E-state index contributed by atoms with van der Waals surface area (Å²) in [4.78, 5) is 37.0. The van der Waals surface area contributed by atoms with Gasteiger partial charge >= 0.3 is 5.97 Å². The number of pyridine rings is 2. The summed E-state index contributed by atoms with van der Waals surface area (Å²) >= 11 is 0. The van der Waals surface area contributed by atoms with E-state index in [2.05, 4.69) is 14.8 Å². The molecule has 1 amide bonds. The van der Waals surface area contributed by atoms with E-state index in [-0.39, 0.29) is 29.8 Å². The highest BCUT2D eigenvalue weighted by atomic mass is 19.1. The van der Waals surface area contributed by atoms with Crippen molar-refractivity contribution in [2.75, 3.05) is 13.1 Å². The molecular weight excluding hydrogens is 439 g/mol. The Morgan fingerprint density at radius 2 is 1.97 bits per heavy atom. The van der Waals surface area contributed by atoms with Gasteiger partial charge in [0.25, 0.3) is 5.91 Å². The number of aromatic carboxylic acids is 1. The number of halogens is 1. The van der Waals surface area contributed by atoms with Gasteiger partial charge in [0.15, 0.2) is 5.69 Å². The van der Waals surface area contributed by atoms with E-state index in [0.717, 1.165) is 18.5 Å². The molecule has 1 N–H and O–H groups in total. The van der Waals surface area contributed by atoms with Gasteiger partial charge < -0.3 is 14.7 Å². The Hall–Kier alpha value is -4.32. The molecule has 1 aliphatic rings. The highest BCUT2D eigenvalue weighted by molar-refractivity contribution is 5.95. The topological polar surface area (TPSA) is 97.0 Å². The maximum absolute atomic E-state index is 14.1. The van der Waals surface area contributed by atoms with Crippen molar-refractivity contribution in [2.24, 2.45) is 0 Å². The zero-order chi connectivity index (χ0) is 24.1. The highest BCUT2D eigenvalue weighted by Gasteiger charge is 2.26. The van der Waals surface area contributed by atoms with Gasteiger partial charge in [0.05, 0.1) is 12.1 Å². The van der Waals surface area contributed by atoms with Gasteiger partial charge in [0, 0.05) is 42.5 Å². The number of rotatable bonds is 6. The van der Waals surface area contributed by atoms with Crippen molar-refractivity contribution in [3.05, 3.63) is 94.5 Å². The van der Waals surface area contributed by atoms with Gasteiger partial charge in [-0.05, 0) is 37.1 Å². The quantitative estimate of drug-likeness (QED) is 0.546. The van der Waals surface area contributed by atoms with Crippen LogP contribution in [0.4, 0.5) is 10.1 Å². The predicted molar refractivity (Wildman–Crippen MR) is 120 cm³/mol. The number of carboxylic acid groups (broad SMARTS) is 1. The lowest BCUT2D eigenvalue weighted by Gasteiger charge is -2.31. The minimum absolute atomic E-state index is 0.00220. The van der Waals surface area contributed by atoms with Crippen LogP contribution in [-0.2, 0) is 6.61 Å². The minimum Gasteiger partial charge on any atom is -0.477 e. The molecule has 3 aromatic rings. The molecule has 0 radical (unpaired) electrons. The van der Waals surface area contributed by atoms with E-state index in [9.17, 15) is 14.0 Å². The summed E-state index contributed by atoms with van der Waals surface area (Å²) in [6.45, 7) is 8.02. The number of nitrogens with zero attached hydrogens (tertiary/aromatic N) is 4. The third kappa shape index (κ3) is 5.18. The summed E-state index contributed by atoms with van der Waals surface area (Å²) in [6.07, 6.45) is 2.73. The second-order valence-electron chi connectivity index (χ2n) is 7.88. The molecule has 1 fully saturated rings. The van der Waals surface area contributed by atoms with Crippen LogP contribution < -0.4 is 4.74 Å². The average Bonchev–Trinajstić information content (AvgIpc) is 2.88. The number of hydrogen-bond donors (Lipinski definition) is 1. The Kier molecular flexibility index (Phi) is 6.78. The molecule has 0 saturated carbocycles. The van der Waals surface area contributed by atoms with Crippen LogP contribution in [0.2, 0.25) is 0 Å². The van der Waals surface area contributed by atoms with Crippen LogP contribution >= 0.6 is 0 Å². The SMILES string of the molecule is [C-]#[N+]c1ccc(COc2cccc(C3CCN(C(=O)c4ccc(C(=O)O)nc4)CC3)n2)c(F)c1. The second-order valence-corrected chi connectivity index (χ2v) is 7.88. The normalized spacial score (nSPS) is 13.8. The Morgan fingerprint density at radius 3 is 2.62 bits per heavy atom. The lowest BCUT2D eigenvalue weighted by atomic mass is 9.92. The number of aromatic nitrogens is 2. The van der Waals surface area contributed by atoms with Crippen molar-refractivity contribution in [1.82, 2.24) is 14.9 Å². The smallest absolute Gasteiger partial charge is 0.354 e. The van der Waals surface area contributed by atoms with E-state index >= 15 is 0 Å². The number of hydrogen-bond acceptors (Lipinski definition) is 5. The molecule has 34 heavy (non-hydrogen) atoms. The van der Waals surface area contributed by atoms with Gasteiger partial charge in [0.2, 0.25) is 5.88 Å². The number of amides is 1. The summed E-state index contributed by atoms with van der Waals surface area (Å²) in [5.41, 5.74) is 1.68. The van der Waals surface area contributed by atoms with Gasteiger partial charge in [-0.15, -0.1) is 0 Å². The number of carboxylic acids is 1. The fraction of sp³-hybridized carbons (Fsp3) is 0.240. The number of benzene rings is 1. The zero-order valence-corrected chi connectivity index (χ0v) is 18.1. The molecule has 0 aliphatic carbocycles. The molecule has 0 unspecified atom stereocenters. The van der Waals surface area contributed by atoms with Crippen molar-refractivity contribution in [2.45, 2.75) is 25.4 Å². The molecule has 8 nitrogen and oxygen atoms in total. The third-order valence-electron chi connectivity index (χ3n) is 5.72. The van der Waals surface area contributed by atoms with Crippen molar-refractivity contribution in [3.8, 4) is 5.88 Å². The minimum atomic E-state index is -1.14. The Morgan fingerprint density at radius 1 is 1.18 bits per heavy atom. The molecule has 2 aromatic heterocycles. The van der Waals surface area contributed by atoms with Gasteiger partial charge in [-0.2, -0.15) is 0 Å². The summed E-state index contributed by atoms with van der Waals surface area (Å²) in [6, 6.07) is 12.5. The van der Waals surface area contributed by atoms with Crippen LogP contribution in [0.15, 0.2) is 54.7 Å². The molecule has 172 valence electrons. The molecule has 1 aromatic carbocycles. The van der Waals surface area contributed by atoms with E-state index < -0.39 is 11.8 Å². The van der Waals surface area contributed by atoms with Crippen molar-refractivity contribution >= 4 is 17.6 Å². The van der Waals surface area contributed by atoms with Crippen LogP contribution in [-0.4, -0.2) is 44.9 Å². The van der Waals surface area contributed by atoms with Crippen LogP contribution in [0.1, 0.15) is 50.9 Å². The second kappa shape index (κ2) is 10.1. The molecule has 0 atom stereocenters. The van der Waals surface area contributed by atoms with E-state index in [1.165, 1.54) is 30.5 Å². The Labute approximate surface area is 195 Å². The van der Waals surface area contributed by atoms with Gasteiger partial charge in [0.1, 0.15) is 18.1 Å². The average molecular weight is 460 g/mol. The molecule has 3 heterocycles. The highest BCUT2D eigenvalue weighted by Crippen LogP contribution is 2.29. The maximum Gasteiger partial charge on any atom is 0.354 e. The Balaban J connectivity index is 1.34. The Bertz CT molecular complexity index is 1250. The number of carbonyl (C=O) groups is 2. The maximum atomic E-state index is 14.1.